The maximum absolute atomic E-state index is 14.0. The van der Waals surface area contributed by atoms with E-state index in [4.69, 9.17) is 0 Å². The fourth-order valence-corrected chi connectivity index (χ4v) is 2.57. The number of halogens is 2. The summed E-state index contributed by atoms with van der Waals surface area (Å²) < 4.78 is 28.9. The average Bonchev–Trinajstić information content (AvgIpc) is 3.16. The highest BCUT2D eigenvalue weighted by Gasteiger charge is 2.17. The second kappa shape index (κ2) is 5.48. The highest BCUT2D eigenvalue weighted by Crippen LogP contribution is 2.22. The van der Waals surface area contributed by atoms with Crippen LogP contribution in [0.5, 0.6) is 0 Å². The molecule has 0 aliphatic carbocycles. The number of nitrogens with one attached hydrogen (secondary N) is 1. The van der Waals surface area contributed by atoms with E-state index in [-0.39, 0.29) is 12.0 Å². The van der Waals surface area contributed by atoms with Gasteiger partial charge in [0, 0.05) is 12.6 Å². The van der Waals surface area contributed by atoms with Gasteiger partial charge in [-0.3, -0.25) is 10.1 Å². The van der Waals surface area contributed by atoms with Crippen LogP contribution in [0, 0.1) is 18.6 Å². The van der Waals surface area contributed by atoms with Crippen LogP contribution >= 0.6 is 0 Å². The predicted molar refractivity (Wildman–Crippen MR) is 82.7 cm³/mol. The number of hydrogen-bond acceptors (Lipinski definition) is 4. The van der Waals surface area contributed by atoms with Gasteiger partial charge in [-0.15, -0.1) is 5.10 Å². The van der Waals surface area contributed by atoms with Crippen molar-refractivity contribution in [2.24, 2.45) is 0 Å². The topological polar surface area (TPSA) is 72.3 Å². The summed E-state index contributed by atoms with van der Waals surface area (Å²) in [6.45, 7) is 1.78. The van der Waals surface area contributed by atoms with Crippen molar-refractivity contribution in [2.45, 2.75) is 13.3 Å². The summed E-state index contributed by atoms with van der Waals surface area (Å²) in [5.41, 5.74) is 2.04. The number of H-pyrrole nitrogens is 1. The van der Waals surface area contributed by atoms with E-state index < -0.39 is 11.6 Å². The first-order valence-corrected chi connectivity index (χ1v) is 7.28. The number of aromatic amines is 1. The van der Waals surface area contributed by atoms with Gasteiger partial charge in [0.25, 0.3) is 5.95 Å². The average molecular weight is 326 g/mol. The zero-order valence-corrected chi connectivity index (χ0v) is 12.7. The van der Waals surface area contributed by atoms with Crippen molar-refractivity contribution in [3.05, 3.63) is 65.2 Å². The summed E-state index contributed by atoms with van der Waals surface area (Å²) >= 11 is 0. The van der Waals surface area contributed by atoms with Crippen LogP contribution in [0.4, 0.5) is 8.78 Å². The molecule has 3 aromatic heterocycles. The van der Waals surface area contributed by atoms with E-state index in [1.165, 1.54) is 12.1 Å². The van der Waals surface area contributed by atoms with Crippen molar-refractivity contribution in [3.8, 4) is 5.95 Å². The highest BCUT2D eigenvalue weighted by molar-refractivity contribution is 5.79. The lowest BCUT2D eigenvalue weighted by Gasteiger charge is -2.01. The molecule has 0 fully saturated rings. The molecule has 0 saturated heterocycles. The lowest BCUT2D eigenvalue weighted by molar-refractivity contribution is 0.500. The summed E-state index contributed by atoms with van der Waals surface area (Å²) in [6.07, 6.45) is 1.75. The van der Waals surface area contributed by atoms with Gasteiger partial charge in [0.1, 0.15) is 11.3 Å². The molecule has 0 spiro atoms. The summed E-state index contributed by atoms with van der Waals surface area (Å²) in [5, 5.41) is 11.3. The molecular weight excluding hydrogens is 314 g/mol. The fraction of sp³-hybridized carbons (Fsp3) is 0.125. The normalized spacial score (nSPS) is 11.3. The number of pyridine rings is 1. The molecule has 1 aromatic carbocycles. The maximum Gasteiger partial charge on any atom is 0.270 e. The Balaban J connectivity index is 1.86. The third kappa shape index (κ3) is 2.32. The van der Waals surface area contributed by atoms with E-state index >= 15 is 0 Å². The van der Waals surface area contributed by atoms with Crippen LogP contribution in [-0.4, -0.2) is 29.9 Å². The lowest BCUT2D eigenvalue weighted by atomic mass is 10.1. The summed E-state index contributed by atoms with van der Waals surface area (Å²) in [4.78, 5) is 8.57. The number of rotatable bonds is 3. The molecule has 1 N–H and O–H groups in total. The second-order valence-electron chi connectivity index (χ2n) is 5.34. The van der Waals surface area contributed by atoms with E-state index in [9.17, 15) is 8.78 Å². The van der Waals surface area contributed by atoms with Crippen molar-refractivity contribution in [1.82, 2.24) is 29.9 Å². The van der Waals surface area contributed by atoms with Crippen LogP contribution in [0.3, 0.4) is 0 Å². The van der Waals surface area contributed by atoms with Gasteiger partial charge in [0.2, 0.25) is 0 Å². The Morgan fingerprint density at radius 1 is 1.17 bits per heavy atom. The first kappa shape index (κ1) is 14.4. The van der Waals surface area contributed by atoms with Gasteiger partial charge in [-0.05, 0) is 30.7 Å². The standard InChI is InChI=1S/C16H12F2N6/c1-9-20-16(22-21-9)24-13-6-3-7-19-15(13)12(23-24)8-10-4-2-5-11(17)14(10)18/h2-7H,8H2,1H3,(H,20,21,22). The maximum atomic E-state index is 14.0. The van der Waals surface area contributed by atoms with Crippen LogP contribution < -0.4 is 0 Å². The Bertz CT molecular complexity index is 1040. The molecule has 8 heteroatoms. The van der Waals surface area contributed by atoms with Gasteiger partial charge in [0.05, 0.1) is 11.2 Å². The minimum Gasteiger partial charge on any atom is -0.261 e. The van der Waals surface area contributed by atoms with E-state index in [0.29, 0.717) is 28.5 Å². The first-order chi connectivity index (χ1) is 11.6. The third-order valence-corrected chi connectivity index (χ3v) is 3.67. The molecule has 4 aromatic rings. The molecule has 0 atom stereocenters. The SMILES string of the molecule is Cc1nc(-n2nc(Cc3cccc(F)c3F)c3ncccc32)n[nH]1. The Labute approximate surface area is 135 Å². The van der Waals surface area contributed by atoms with Crippen molar-refractivity contribution in [3.63, 3.8) is 0 Å². The summed E-state index contributed by atoms with van der Waals surface area (Å²) in [6, 6.07) is 7.69. The molecular formula is C16H12F2N6. The molecule has 0 unspecified atom stereocenters. The largest absolute Gasteiger partial charge is 0.270 e. The minimum absolute atomic E-state index is 0.119. The zero-order chi connectivity index (χ0) is 16.7. The highest BCUT2D eigenvalue weighted by atomic mass is 19.2. The number of aryl methyl sites for hydroxylation is 1. The smallest absolute Gasteiger partial charge is 0.261 e. The van der Waals surface area contributed by atoms with Crippen LogP contribution in [0.25, 0.3) is 17.0 Å². The molecule has 0 bridgehead atoms. The minimum atomic E-state index is -0.881. The molecule has 24 heavy (non-hydrogen) atoms. The monoisotopic (exact) mass is 326 g/mol. The van der Waals surface area contributed by atoms with E-state index in [1.54, 1.807) is 23.9 Å². The van der Waals surface area contributed by atoms with Crippen LogP contribution in [-0.2, 0) is 6.42 Å². The Morgan fingerprint density at radius 2 is 2.04 bits per heavy atom. The summed E-state index contributed by atoms with van der Waals surface area (Å²) in [7, 11) is 0. The van der Waals surface area contributed by atoms with Crippen molar-refractivity contribution < 1.29 is 8.78 Å². The molecule has 6 nitrogen and oxygen atoms in total. The number of fused-ring (bicyclic) bond motifs is 1. The van der Waals surface area contributed by atoms with Gasteiger partial charge in [0.15, 0.2) is 11.6 Å². The second-order valence-corrected chi connectivity index (χ2v) is 5.34. The molecule has 0 radical (unpaired) electrons. The number of nitrogens with zero attached hydrogens (tertiary/aromatic N) is 5. The Morgan fingerprint density at radius 3 is 2.83 bits per heavy atom. The Kier molecular flexibility index (Phi) is 3.30. The van der Waals surface area contributed by atoms with Crippen LogP contribution in [0.15, 0.2) is 36.5 Å². The summed E-state index contributed by atoms with van der Waals surface area (Å²) in [5.74, 6) is -0.731. The molecule has 0 aliphatic rings. The number of hydrogen-bond donors (Lipinski definition) is 1. The fourth-order valence-electron chi connectivity index (χ4n) is 2.57. The molecule has 0 aliphatic heterocycles. The molecule has 3 heterocycles. The van der Waals surface area contributed by atoms with Gasteiger partial charge >= 0.3 is 0 Å². The quantitative estimate of drug-likeness (QED) is 0.628. The number of aromatic nitrogens is 6. The molecule has 120 valence electrons. The van der Waals surface area contributed by atoms with Crippen LogP contribution in [0.1, 0.15) is 17.1 Å². The van der Waals surface area contributed by atoms with Gasteiger partial charge in [-0.25, -0.2) is 8.78 Å². The van der Waals surface area contributed by atoms with E-state index in [2.05, 4.69) is 25.3 Å². The van der Waals surface area contributed by atoms with Crippen molar-refractivity contribution >= 4 is 11.0 Å². The van der Waals surface area contributed by atoms with Gasteiger partial charge < -0.3 is 0 Å². The number of benzene rings is 1. The Hall–Kier alpha value is -3.16. The molecule has 0 amide bonds. The predicted octanol–water partition coefficient (Wildman–Crippen LogP) is 2.72. The van der Waals surface area contributed by atoms with Gasteiger partial charge in [-0.2, -0.15) is 14.8 Å². The first-order valence-electron chi connectivity index (χ1n) is 7.28. The van der Waals surface area contributed by atoms with Crippen molar-refractivity contribution in [2.75, 3.05) is 0 Å². The van der Waals surface area contributed by atoms with E-state index in [1.807, 2.05) is 6.07 Å². The molecule has 0 saturated carbocycles. The zero-order valence-electron chi connectivity index (χ0n) is 12.7. The van der Waals surface area contributed by atoms with Gasteiger partial charge in [-0.1, -0.05) is 12.1 Å². The molecule has 4 rings (SSSR count). The van der Waals surface area contributed by atoms with Crippen LogP contribution in [0.2, 0.25) is 0 Å². The van der Waals surface area contributed by atoms with E-state index in [0.717, 1.165) is 6.07 Å². The lowest BCUT2D eigenvalue weighted by Crippen LogP contribution is -2.01. The van der Waals surface area contributed by atoms with Crippen molar-refractivity contribution in [1.29, 1.82) is 0 Å². The third-order valence-electron chi connectivity index (χ3n) is 3.67.